The van der Waals surface area contributed by atoms with E-state index in [1.807, 2.05) is 0 Å². The Morgan fingerprint density at radius 2 is 2.44 bits per heavy atom. The summed E-state index contributed by atoms with van der Waals surface area (Å²) in [6, 6.07) is 0. The number of aryl methyl sites for hydroxylation is 1. The lowest BCUT2D eigenvalue weighted by Gasteiger charge is -2.02. The molecule has 1 saturated carbocycles. The molecule has 1 N–H and O–H groups in total. The van der Waals surface area contributed by atoms with Gasteiger partial charge in [0, 0.05) is 24.3 Å². The highest BCUT2D eigenvalue weighted by Gasteiger charge is 2.38. The predicted molar refractivity (Wildman–Crippen MR) is 65.5 cm³/mol. The van der Waals surface area contributed by atoms with Crippen LogP contribution in [-0.2, 0) is 17.6 Å². The highest BCUT2D eigenvalue weighted by atomic mass is 32.1. The number of thiazole rings is 1. The lowest BCUT2D eigenvalue weighted by molar-refractivity contribution is -0.122. The number of nitrogens with zero attached hydrogens (tertiary/aromatic N) is 1. The van der Waals surface area contributed by atoms with Crippen LogP contribution in [0.15, 0.2) is 5.38 Å². The average Bonchev–Trinajstić information content (AvgIpc) is 2.83. The Balaban J connectivity index is 1.69. The smallest absolute Gasteiger partial charge is 0.223 e. The van der Waals surface area contributed by atoms with Crippen molar-refractivity contribution in [3.8, 4) is 0 Å². The molecule has 0 saturated heterocycles. The third-order valence-electron chi connectivity index (χ3n) is 3.03. The first kappa shape index (κ1) is 11.6. The zero-order valence-electron chi connectivity index (χ0n) is 9.82. The maximum Gasteiger partial charge on any atom is 0.223 e. The highest BCUT2D eigenvalue weighted by molar-refractivity contribution is 7.09. The van der Waals surface area contributed by atoms with Crippen LogP contribution < -0.4 is 5.32 Å². The van der Waals surface area contributed by atoms with Gasteiger partial charge in [-0.05, 0) is 18.8 Å². The Morgan fingerprint density at radius 3 is 3.00 bits per heavy atom. The highest BCUT2D eigenvalue weighted by Crippen LogP contribution is 2.37. The minimum atomic E-state index is 0.221. The third kappa shape index (κ3) is 2.82. The van der Waals surface area contributed by atoms with Crippen molar-refractivity contribution in [2.45, 2.75) is 33.1 Å². The zero-order chi connectivity index (χ0) is 11.5. The van der Waals surface area contributed by atoms with Crippen LogP contribution in [0.25, 0.3) is 0 Å². The molecule has 2 atom stereocenters. The summed E-state index contributed by atoms with van der Waals surface area (Å²) < 4.78 is 0. The first-order valence-electron chi connectivity index (χ1n) is 5.91. The molecule has 0 aromatic carbocycles. The number of nitrogens with one attached hydrogen (secondary N) is 1. The maximum atomic E-state index is 11.5. The van der Waals surface area contributed by atoms with E-state index in [0.29, 0.717) is 5.92 Å². The Bertz CT molecular complexity index is 375. The summed E-state index contributed by atoms with van der Waals surface area (Å²) in [4.78, 5) is 16.0. The number of hydrogen-bond donors (Lipinski definition) is 1. The summed E-state index contributed by atoms with van der Waals surface area (Å²) in [7, 11) is 0. The van der Waals surface area contributed by atoms with Gasteiger partial charge < -0.3 is 5.32 Å². The van der Waals surface area contributed by atoms with Gasteiger partial charge in [-0.2, -0.15) is 0 Å². The van der Waals surface area contributed by atoms with E-state index in [9.17, 15) is 4.79 Å². The topological polar surface area (TPSA) is 42.0 Å². The van der Waals surface area contributed by atoms with Crippen molar-refractivity contribution >= 4 is 17.2 Å². The fraction of sp³-hybridized carbons (Fsp3) is 0.667. The SMILES string of the molecule is CCc1nc(CCNC(=O)[C@@H]2C[C@H]2C)cs1. The quantitative estimate of drug-likeness (QED) is 0.852. The summed E-state index contributed by atoms with van der Waals surface area (Å²) in [5, 5.41) is 6.24. The van der Waals surface area contributed by atoms with E-state index in [4.69, 9.17) is 0 Å². The molecule has 1 fully saturated rings. The van der Waals surface area contributed by atoms with E-state index in [1.165, 1.54) is 5.01 Å². The Morgan fingerprint density at radius 1 is 1.69 bits per heavy atom. The van der Waals surface area contributed by atoms with Crippen LogP contribution in [0.3, 0.4) is 0 Å². The van der Waals surface area contributed by atoms with Gasteiger partial charge in [-0.1, -0.05) is 13.8 Å². The molecular weight excluding hydrogens is 220 g/mol. The molecule has 0 unspecified atom stereocenters. The molecule has 0 radical (unpaired) electrons. The summed E-state index contributed by atoms with van der Waals surface area (Å²) in [5.74, 6) is 1.09. The van der Waals surface area contributed by atoms with Crippen LogP contribution in [0.5, 0.6) is 0 Å². The fourth-order valence-electron chi connectivity index (χ4n) is 1.76. The number of carbonyl (C=O) groups is 1. The van der Waals surface area contributed by atoms with Crippen molar-refractivity contribution in [1.29, 1.82) is 0 Å². The molecule has 1 heterocycles. The fourth-order valence-corrected chi connectivity index (χ4v) is 2.54. The maximum absolute atomic E-state index is 11.5. The molecule has 16 heavy (non-hydrogen) atoms. The second-order valence-corrected chi connectivity index (χ2v) is 5.39. The normalized spacial score (nSPS) is 23.1. The van der Waals surface area contributed by atoms with Gasteiger partial charge in [0.25, 0.3) is 0 Å². The first-order chi connectivity index (χ1) is 7.70. The van der Waals surface area contributed by atoms with Crippen molar-refractivity contribution < 1.29 is 4.79 Å². The van der Waals surface area contributed by atoms with Gasteiger partial charge in [-0.15, -0.1) is 11.3 Å². The third-order valence-corrected chi connectivity index (χ3v) is 4.07. The molecule has 0 bridgehead atoms. The minimum absolute atomic E-state index is 0.221. The molecule has 1 aliphatic carbocycles. The van der Waals surface area contributed by atoms with Crippen molar-refractivity contribution in [2.24, 2.45) is 11.8 Å². The standard InChI is InChI=1S/C12H18N2OS/c1-3-11-14-9(7-16-11)4-5-13-12(15)10-6-8(10)2/h7-8,10H,3-6H2,1-2H3,(H,13,15)/t8-,10-/m1/s1. The van der Waals surface area contributed by atoms with Crippen molar-refractivity contribution in [2.75, 3.05) is 6.54 Å². The largest absolute Gasteiger partial charge is 0.355 e. The average molecular weight is 238 g/mol. The summed E-state index contributed by atoms with van der Waals surface area (Å²) in [6.07, 6.45) is 2.91. The van der Waals surface area contributed by atoms with E-state index in [2.05, 4.69) is 29.5 Å². The summed E-state index contributed by atoms with van der Waals surface area (Å²) >= 11 is 1.70. The van der Waals surface area contributed by atoms with Gasteiger partial charge in [0.15, 0.2) is 0 Å². The second-order valence-electron chi connectivity index (χ2n) is 4.45. The molecule has 1 aromatic heterocycles. The van der Waals surface area contributed by atoms with E-state index in [-0.39, 0.29) is 11.8 Å². The van der Waals surface area contributed by atoms with Gasteiger partial charge in [0.1, 0.15) is 0 Å². The lowest BCUT2D eigenvalue weighted by atomic mass is 10.3. The van der Waals surface area contributed by atoms with Gasteiger partial charge in [0.05, 0.1) is 10.7 Å². The van der Waals surface area contributed by atoms with Crippen LogP contribution in [-0.4, -0.2) is 17.4 Å². The molecule has 88 valence electrons. The van der Waals surface area contributed by atoms with Crippen LogP contribution in [0.2, 0.25) is 0 Å². The van der Waals surface area contributed by atoms with E-state index >= 15 is 0 Å². The predicted octanol–water partition coefficient (Wildman–Crippen LogP) is 2.02. The molecule has 4 heteroatoms. The number of hydrogen-bond acceptors (Lipinski definition) is 3. The van der Waals surface area contributed by atoms with Crippen LogP contribution >= 0.6 is 11.3 Å². The minimum Gasteiger partial charge on any atom is -0.355 e. The van der Waals surface area contributed by atoms with E-state index in [1.54, 1.807) is 11.3 Å². The van der Waals surface area contributed by atoms with Crippen LogP contribution in [0.4, 0.5) is 0 Å². The number of carbonyl (C=O) groups excluding carboxylic acids is 1. The van der Waals surface area contributed by atoms with Gasteiger partial charge in [-0.25, -0.2) is 4.98 Å². The molecule has 0 spiro atoms. The van der Waals surface area contributed by atoms with E-state index < -0.39 is 0 Å². The van der Waals surface area contributed by atoms with E-state index in [0.717, 1.165) is 31.5 Å². The van der Waals surface area contributed by atoms with Crippen molar-refractivity contribution in [1.82, 2.24) is 10.3 Å². The Hall–Kier alpha value is -0.900. The van der Waals surface area contributed by atoms with Crippen molar-refractivity contribution in [3.05, 3.63) is 16.1 Å². The molecule has 0 aliphatic heterocycles. The van der Waals surface area contributed by atoms with Crippen molar-refractivity contribution in [3.63, 3.8) is 0 Å². The summed E-state index contributed by atoms with van der Waals surface area (Å²) in [6.45, 7) is 4.95. The molecule has 3 nitrogen and oxygen atoms in total. The van der Waals surface area contributed by atoms with Gasteiger partial charge in [0.2, 0.25) is 5.91 Å². The number of amides is 1. The molecule has 1 aromatic rings. The summed E-state index contributed by atoms with van der Waals surface area (Å²) in [5.41, 5.74) is 1.10. The molecule has 2 rings (SSSR count). The second kappa shape index (κ2) is 4.95. The zero-order valence-corrected chi connectivity index (χ0v) is 10.6. The van der Waals surface area contributed by atoms with Crippen LogP contribution in [0, 0.1) is 11.8 Å². The monoisotopic (exact) mass is 238 g/mol. The Kier molecular flexibility index (Phi) is 3.59. The number of aromatic nitrogens is 1. The van der Waals surface area contributed by atoms with Gasteiger partial charge >= 0.3 is 0 Å². The van der Waals surface area contributed by atoms with Crippen LogP contribution in [0.1, 0.15) is 31.0 Å². The number of rotatable bonds is 5. The molecular formula is C12H18N2OS. The lowest BCUT2D eigenvalue weighted by Crippen LogP contribution is -2.27. The molecule has 1 aliphatic rings. The first-order valence-corrected chi connectivity index (χ1v) is 6.79. The van der Waals surface area contributed by atoms with Gasteiger partial charge in [-0.3, -0.25) is 4.79 Å². The molecule has 1 amide bonds. The Labute approximate surface area is 100 Å².